The molecule has 24 heavy (non-hydrogen) atoms. The Balaban J connectivity index is 1.85. The number of nitrogens with zero attached hydrogens (tertiary/aromatic N) is 1. The van der Waals surface area contributed by atoms with Gasteiger partial charge in [0.2, 0.25) is 5.88 Å². The molecule has 0 radical (unpaired) electrons. The molecular weight excluding hydrogens is 308 g/mol. The molecule has 0 aliphatic carbocycles. The Labute approximate surface area is 140 Å². The number of aromatic nitrogens is 1. The van der Waals surface area contributed by atoms with Crippen LogP contribution in [0.5, 0.6) is 17.4 Å². The molecule has 0 saturated heterocycles. The van der Waals surface area contributed by atoms with Crippen molar-refractivity contribution in [2.45, 2.75) is 26.4 Å². The lowest BCUT2D eigenvalue weighted by molar-refractivity contribution is 0.102. The summed E-state index contributed by atoms with van der Waals surface area (Å²) in [6.07, 6.45) is 2.44. The van der Waals surface area contributed by atoms with Gasteiger partial charge in [0.25, 0.3) is 5.91 Å². The van der Waals surface area contributed by atoms with Crippen molar-refractivity contribution < 1.29 is 19.0 Å². The summed E-state index contributed by atoms with van der Waals surface area (Å²) in [5.41, 5.74) is 2.12. The lowest BCUT2D eigenvalue weighted by Crippen LogP contribution is -2.13. The van der Waals surface area contributed by atoms with Crippen molar-refractivity contribution in [3.05, 3.63) is 41.6 Å². The number of carbonyl (C=O) groups excluding carboxylic acids is 1. The summed E-state index contributed by atoms with van der Waals surface area (Å²) in [6, 6.07) is 7.06. The zero-order valence-corrected chi connectivity index (χ0v) is 14.0. The molecule has 0 bridgehead atoms. The van der Waals surface area contributed by atoms with Crippen molar-refractivity contribution in [1.82, 2.24) is 4.98 Å². The van der Waals surface area contributed by atoms with Gasteiger partial charge in [-0.1, -0.05) is 0 Å². The van der Waals surface area contributed by atoms with E-state index in [-0.39, 0.29) is 12.0 Å². The highest BCUT2D eigenvalue weighted by Gasteiger charge is 2.22. The van der Waals surface area contributed by atoms with E-state index in [9.17, 15) is 4.79 Å². The summed E-state index contributed by atoms with van der Waals surface area (Å²) in [5, 5.41) is 2.87. The number of hydrogen-bond acceptors (Lipinski definition) is 5. The minimum absolute atomic E-state index is 0.131. The molecule has 1 aliphatic heterocycles. The molecule has 1 aliphatic rings. The molecule has 1 amide bonds. The van der Waals surface area contributed by atoms with Crippen molar-refractivity contribution in [1.29, 1.82) is 0 Å². The van der Waals surface area contributed by atoms with E-state index in [0.717, 1.165) is 17.7 Å². The molecule has 0 spiro atoms. The van der Waals surface area contributed by atoms with Gasteiger partial charge in [-0.25, -0.2) is 4.98 Å². The Morgan fingerprint density at radius 2 is 2.25 bits per heavy atom. The predicted octanol–water partition coefficient (Wildman–Crippen LogP) is 3.06. The smallest absolute Gasteiger partial charge is 0.257 e. The number of rotatable bonds is 5. The zero-order valence-electron chi connectivity index (χ0n) is 14.0. The Morgan fingerprint density at radius 3 is 2.92 bits per heavy atom. The SMILES string of the molecule is CCOc1cc2c(cc1NC(=O)c1ccc(OC)nc1)OC(C)C2. The number of carbonyl (C=O) groups is 1. The second-order valence-corrected chi connectivity index (χ2v) is 5.57. The highest BCUT2D eigenvalue weighted by atomic mass is 16.5. The molecule has 2 aromatic rings. The first-order chi connectivity index (χ1) is 11.6. The van der Waals surface area contributed by atoms with Crippen LogP contribution in [-0.2, 0) is 6.42 Å². The van der Waals surface area contributed by atoms with E-state index < -0.39 is 0 Å². The fourth-order valence-corrected chi connectivity index (χ4v) is 2.64. The van der Waals surface area contributed by atoms with Crippen molar-refractivity contribution in [3.63, 3.8) is 0 Å². The molecule has 6 heteroatoms. The first kappa shape index (κ1) is 16.1. The number of hydrogen-bond donors (Lipinski definition) is 1. The predicted molar refractivity (Wildman–Crippen MR) is 90.1 cm³/mol. The van der Waals surface area contributed by atoms with Crippen molar-refractivity contribution in [2.24, 2.45) is 0 Å². The van der Waals surface area contributed by atoms with E-state index in [2.05, 4.69) is 10.3 Å². The van der Waals surface area contributed by atoms with Crippen LogP contribution in [0.3, 0.4) is 0 Å². The molecule has 1 unspecified atom stereocenters. The van der Waals surface area contributed by atoms with E-state index in [1.54, 1.807) is 12.1 Å². The monoisotopic (exact) mass is 328 g/mol. The summed E-state index contributed by atoms with van der Waals surface area (Å²) in [4.78, 5) is 16.5. The summed E-state index contributed by atoms with van der Waals surface area (Å²) >= 11 is 0. The number of nitrogens with one attached hydrogen (secondary N) is 1. The van der Waals surface area contributed by atoms with Crippen LogP contribution < -0.4 is 19.5 Å². The fourth-order valence-electron chi connectivity index (χ4n) is 2.64. The van der Waals surface area contributed by atoms with Crippen LogP contribution in [0.1, 0.15) is 29.8 Å². The number of amides is 1. The third kappa shape index (κ3) is 3.27. The maximum Gasteiger partial charge on any atom is 0.257 e. The quantitative estimate of drug-likeness (QED) is 0.913. The average Bonchev–Trinajstić information content (AvgIpc) is 2.94. The Kier molecular flexibility index (Phi) is 4.55. The lowest BCUT2D eigenvalue weighted by Gasteiger charge is -2.13. The third-order valence-electron chi connectivity index (χ3n) is 3.75. The molecule has 126 valence electrons. The topological polar surface area (TPSA) is 69.7 Å². The normalized spacial score (nSPS) is 15.4. The van der Waals surface area contributed by atoms with Crippen molar-refractivity contribution in [3.8, 4) is 17.4 Å². The van der Waals surface area contributed by atoms with Crippen molar-refractivity contribution in [2.75, 3.05) is 19.0 Å². The van der Waals surface area contributed by atoms with Gasteiger partial charge in [-0.05, 0) is 26.0 Å². The van der Waals surface area contributed by atoms with Crippen molar-refractivity contribution >= 4 is 11.6 Å². The number of ether oxygens (including phenoxy) is 3. The molecular formula is C18H20N2O4. The highest BCUT2D eigenvalue weighted by molar-refractivity contribution is 6.05. The summed E-state index contributed by atoms with van der Waals surface area (Å²) in [7, 11) is 1.53. The highest BCUT2D eigenvalue weighted by Crippen LogP contribution is 2.38. The lowest BCUT2D eigenvalue weighted by atomic mass is 10.1. The van der Waals surface area contributed by atoms with Crippen LogP contribution in [0.15, 0.2) is 30.5 Å². The maximum atomic E-state index is 12.4. The maximum absolute atomic E-state index is 12.4. The minimum atomic E-state index is -0.267. The van der Waals surface area contributed by atoms with Crippen LogP contribution in [0, 0.1) is 0 Å². The molecule has 3 rings (SSSR count). The molecule has 1 N–H and O–H groups in total. The van der Waals surface area contributed by atoms with Gasteiger partial charge in [-0.2, -0.15) is 0 Å². The van der Waals surface area contributed by atoms with Gasteiger partial charge >= 0.3 is 0 Å². The van der Waals surface area contributed by atoms with Crippen LogP contribution >= 0.6 is 0 Å². The van der Waals surface area contributed by atoms with Gasteiger partial charge in [0.05, 0.1) is 25.0 Å². The van der Waals surface area contributed by atoms with E-state index in [0.29, 0.717) is 29.5 Å². The number of methoxy groups -OCH3 is 1. The number of benzene rings is 1. The Hall–Kier alpha value is -2.76. The van der Waals surface area contributed by atoms with Gasteiger partial charge in [0.1, 0.15) is 17.6 Å². The summed E-state index contributed by atoms with van der Waals surface area (Å²) in [5.74, 6) is 1.62. The minimum Gasteiger partial charge on any atom is -0.492 e. The average molecular weight is 328 g/mol. The second-order valence-electron chi connectivity index (χ2n) is 5.57. The number of pyridine rings is 1. The van der Waals surface area contributed by atoms with Gasteiger partial charge < -0.3 is 19.5 Å². The van der Waals surface area contributed by atoms with E-state index >= 15 is 0 Å². The first-order valence-corrected chi connectivity index (χ1v) is 7.88. The molecule has 0 saturated carbocycles. The summed E-state index contributed by atoms with van der Waals surface area (Å²) in [6.45, 7) is 4.44. The fraction of sp³-hybridized carbons (Fsp3) is 0.333. The molecule has 6 nitrogen and oxygen atoms in total. The van der Waals surface area contributed by atoms with Gasteiger partial charge in [0.15, 0.2) is 0 Å². The zero-order chi connectivity index (χ0) is 17.1. The van der Waals surface area contributed by atoms with Crippen LogP contribution in [0.2, 0.25) is 0 Å². The van der Waals surface area contributed by atoms with E-state index in [1.165, 1.54) is 13.3 Å². The number of anilines is 1. The van der Waals surface area contributed by atoms with Gasteiger partial charge in [0, 0.05) is 30.3 Å². The third-order valence-corrected chi connectivity index (χ3v) is 3.75. The standard InChI is InChI=1S/C18H20N2O4/c1-4-23-16-8-13-7-11(2)24-15(13)9-14(16)20-18(21)12-5-6-17(22-3)19-10-12/h5-6,8-11H,4,7H2,1-3H3,(H,20,21). The van der Waals surface area contributed by atoms with Crippen LogP contribution in [-0.4, -0.2) is 30.7 Å². The molecule has 1 aromatic carbocycles. The Morgan fingerprint density at radius 1 is 1.42 bits per heavy atom. The molecule has 1 atom stereocenters. The van der Waals surface area contributed by atoms with Gasteiger partial charge in [-0.15, -0.1) is 0 Å². The van der Waals surface area contributed by atoms with Crippen LogP contribution in [0.25, 0.3) is 0 Å². The molecule has 0 fully saturated rings. The molecule has 1 aromatic heterocycles. The Bertz CT molecular complexity index is 743. The number of fused-ring (bicyclic) bond motifs is 1. The van der Waals surface area contributed by atoms with E-state index in [4.69, 9.17) is 14.2 Å². The second kappa shape index (κ2) is 6.78. The van der Waals surface area contributed by atoms with E-state index in [1.807, 2.05) is 26.0 Å². The molecule has 2 heterocycles. The first-order valence-electron chi connectivity index (χ1n) is 7.88. The largest absolute Gasteiger partial charge is 0.492 e. The van der Waals surface area contributed by atoms with Gasteiger partial charge in [-0.3, -0.25) is 4.79 Å². The summed E-state index contributed by atoms with van der Waals surface area (Å²) < 4.78 is 16.4. The van der Waals surface area contributed by atoms with Crippen LogP contribution in [0.4, 0.5) is 5.69 Å².